The van der Waals surface area contributed by atoms with Gasteiger partial charge in [-0.05, 0) is 50.8 Å². The molecule has 1 heterocycles. The molecule has 0 spiro atoms. The number of hydrogen-bond donors (Lipinski definition) is 1. The normalized spacial score (nSPS) is 16.6. The Morgan fingerprint density at radius 1 is 1.59 bits per heavy atom. The van der Waals surface area contributed by atoms with Crippen molar-refractivity contribution in [3.8, 4) is 0 Å². The number of carboxylic acids is 1. The van der Waals surface area contributed by atoms with Crippen LogP contribution < -0.4 is 0 Å². The molecule has 7 heteroatoms. The molecule has 2 rings (SSSR count). The quantitative estimate of drug-likeness (QED) is 0.796. The molecule has 1 aliphatic carbocycles. The Morgan fingerprint density at radius 2 is 2.24 bits per heavy atom. The van der Waals surface area contributed by atoms with Crippen LogP contribution in [0.5, 0.6) is 0 Å². The molecule has 4 nitrogen and oxygen atoms in total. The molecule has 1 saturated carbocycles. The number of halogens is 2. The van der Waals surface area contributed by atoms with Gasteiger partial charge < -0.3 is 10.0 Å². The minimum atomic E-state index is -0.995. The van der Waals surface area contributed by atoms with E-state index in [1.54, 1.807) is 6.07 Å². The lowest BCUT2D eigenvalue weighted by Gasteiger charge is -2.23. The number of thiophene rings is 1. The fraction of sp³-hybridized carbons (Fsp3) is 0.400. The first-order valence-electron chi connectivity index (χ1n) is 4.95. The highest BCUT2D eigenvalue weighted by molar-refractivity contribution is 9.13. The summed E-state index contributed by atoms with van der Waals surface area (Å²) in [6.45, 7) is 0. The van der Waals surface area contributed by atoms with Gasteiger partial charge in [-0.25, -0.2) is 4.79 Å². The van der Waals surface area contributed by atoms with E-state index in [9.17, 15) is 14.7 Å². The number of carbonyl (C=O) groups excluding carboxylic acids is 1. The Kier molecular flexibility index (Phi) is 3.89. The number of aliphatic carboxylic acids is 1. The van der Waals surface area contributed by atoms with Gasteiger partial charge in [-0.3, -0.25) is 4.79 Å². The predicted octanol–water partition coefficient (Wildman–Crippen LogP) is 3.02. The molecule has 1 fully saturated rings. The largest absolute Gasteiger partial charge is 0.479 e. The number of amides is 1. The number of nitrogens with zero attached hydrogens (tertiary/aromatic N) is 1. The van der Waals surface area contributed by atoms with Crippen LogP contribution in [0.3, 0.4) is 0 Å². The molecule has 1 atom stereocenters. The molecular weight excluding hydrogens is 374 g/mol. The van der Waals surface area contributed by atoms with Crippen LogP contribution in [0.25, 0.3) is 0 Å². The summed E-state index contributed by atoms with van der Waals surface area (Å²) >= 11 is 7.98. The lowest BCUT2D eigenvalue weighted by molar-refractivity contribution is -0.147. The molecule has 1 unspecified atom stereocenters. The highest BCUT2D eigenvalue weighted by Gasteiger charge is 2.38. The first-order chi connectivity index (χ1) is 8.04. The summed E-state index contributed by atoms with van der Waals surface area (Å²) in [6, 6.07) is 0.938. The first-order valence-corrected chi connectivity index (χ1v) is 7.35. The Labute approximate surface area is 119 Å². The van der Waals surface area contributed by atoms with Crippen molar-refractivity contribution in [3.63, 3.8) is 0 Å². The summed E-state index contributed by atoms with van der Waals surface area (Å²) in [6.07, 6.45) is 2.41. The molecule has 0 saturated heterocycles. The Morgan fingerprint density at radius 3 is 2.59 bits per heavy atom. The Hall–Kier alpha value is -0.400. The van der Waals surface area contributed by atoms with Gasteiger partial charge in [0.2, 0.25) is 6.41 Å². The van der Waals surface area contributed by atoms with E-state index in [1.807, 2.05) is 0 Å². The van der Waals surface area contributed by atoms with Gasteiger partial charge in [-0.15, -0.1) is 11.3 Å². The van der Waals surface area contributed by atoms with Crippen LogP contribution in [0.15, 0.2) is 14.3 Å². The van der Waals surface area contributed by atoms with Crippen LogP contribution >= 0.6 is 43.2 Å². The molecule has 0 bridgehead atoms. The minimum absolute atomic E-state index is 0.0771. The summed E-state index contributed by atoms with van der Waals surface area (Å²) in [5.41, 5.74) is 0. The van der Waals surface area contributed by atoms with Crippen LogP contribution in [0, 0.1) is 0 Å². The molecule has 1 aliphatic rings. The third kappa shape index (κ3) is 2.71. The highest BCUT2D eigenvalue weighted by atomic mass is 79.9. The Bertz CT molecular complexity index is 439. The van der Waals surface area contributed by atoms with Crippen molar-refractivity contribution >= 4 is 55.6 Å². The molecule has 0 aromatic carbocycles. The predicted molar refractivity (Wildman–Crippen MR) is 71.0 cm³/mol. The number of carbonyl (C=O) groups is 2. The smallest absolute Gasteiger partial charge is 0.331 e. The van der Waals surface area contributed by atoms with E-state index in [4.69, 9.17) is 0 Å². The van der Waals surface area contributed by atoms with Gasteiger partial charge in [0.15, 0.2) is 6.04 Å². The van der Waals surface area contributed by atoms with Crippen LogP contribution in [0.2, 0.25) is 0 Å². The average Bonchev–Trinajstić information content (AvgIpc) is 3.03. The van der Waals surface area contributed by atoms with Crippen molar-refractivity contribution in [1.82, 2.24) is 4.90 Å². The zero-order valence-corrected chi connectivity index (χ0v) is 12.6. The highest BCUT2D eigenvalue weighted by Crippen LogP contribution is 2.40. The number of rotatable bonds is 5. The summed E-state index contributed by atoms with van der Waals surface area (Å²) in [5, 5.41) is 9.28. The van der Waals surface area contributed by atoms with Gasteiger partial charge in [-0.2, -0.15) is 0 Å². The van der Waals surface area contributed by atoms with Gasteiger partial charge in [0, 0.05) is 15.4 Å². The van der Waals surface area contributed by atoms with Crippen LogP contribution in [-0.2, 0) is 9.59 Å². The molecule has 1 N–H and O–H groups in total. The van der Waals surface area contributed by atoms with Crippen molar-refractivity contribution in [2.45, 2.75) is 24.9 Å². The topological polar surface area (TPSA) is 57.6 Å². The molecule has 17 heavy (non-hydrogen) atoms. The van der Waals surface area contributed by atoms with Gasteiger partial charge >= 0.3 is 5.97 Å². The van der Waals surface area contributed by atoms with E-state index >= 15 is 0 Å². The SMILES string of the molecule is O=CN(C1CC1)C(C(=O)O)c1cc(Br)c(Br)s1. The van der Waals surface area contributed by atoms with Crippen molar-refractivity contribution in [1.29, 1.82) is 0 Å². The van der Waals surface area contributed by atoms with Crippen molar-refractivity contribution in [3.05, 3.63) is 19.2 Å². The van der Waals surface area contributed by atoms with E-state index in [2.05, 4.69) is 31.9 Å². The van der Waals surface area contributed by atoms with Crippen LogP contribution in [-0.4, -0.2) is 28.4 Å². The zero-order chi connectivity index (χ0) is 12.6. The fourth-order valence-corrected chi connectivity index (χ4v) is 3.82. The molecule has 92 valence electrons. The van der Waals surface area contributed by atoms with E-state index in [-0.39, 0.29) is 6.04 Å². The second-order valence-electron chi connectivity index (χ2n) is 3.79. The first kappa shape index (κ1) is 13.0. The molecule has 0 radical (unpaired) electrons. The molecule has 1 amide bonds. The summed E-state index contributed by atoms with van der Waals surface area (Å²) in [4.78, 5) is 24.4. The maximum Gasteiger partial charge on any atom is 0.331 e. The second-order valence-corrected chi connectivity index (χ2v) is 7.05. The maximum absolute atomic E-state index is 11.3. The summed E-state index contributed by atoms with van der Waals surface area (Å²) in [7, 11) is 0. The van der Waals surface area contributed by atoms with Crippen molar-refractivity contribution < 1.29 is 14.7 Å². The molecule has 0 aliphatic heterocycles. The number of hydrogen-bond acceptors (Lipinski definition) is 3. The third-order valence-electron chi connectivity index (χ3n) is 2.56. The van der Waals surface area contributed by atoms with E-state index in [0.717, 1.165) is 21.1 Å². The van der Waals surface area contributed by atoms with Crippen LogP contribution in [0.1, 0.15) is 23.8 Å². The van der Waals surface area contributed by atoms with Gasteiger partial charge in [0.1, 0.15) is 0 Å². The fourth-order valence-electron chi connectivity index (χ4n) is 1.62. The zero-order valence-electron chi connectivity index (χ0n) is 8.60. The van der Waals surface area contributed by atoms with E-state index in [1.165, 1.54) is 16.2 Å². The summed E-state index contributed by atoms with van der Waals surface area (Å²) in [5.74, 6) is -0.995. The third-order valence-corrected chi connectivity index (χ3v) is 5.86. The van der Waals surface area contributed by atoms with E-state index < -0.39 is 12.0 Å². The van der Waals surface area contributed by atoms with Gasteiger partial charge in [-0.1, -0.05) is 0 Å². The molecular formula is C10H9Br2NO3S. The average molecular weight is 383 g/mol. The van der Waals surface area contributed by atoms with E-state index in [0.29, 0.717) is 11.3 Å². The standard InChI is InChI=1S/C10H9Br2NO3S/c11-6-3-7(17-9(6)12)8(10(15)16)13(4-14)5-1-2-5/h3-5,8H,1-2H2,(H,15,16). The Balaban J connectivity index is 2.33. The van der Waals surface area contributed by atoms with Gasteiger partial charge in [0.05, 0.1) is 3.79 Å². The van der Waals surface area contributed by atoms with Crippen molar-refractivity contribution in [2.24, 2.45) is 0 Å². The minimum Gasteiger partial charge on any atom is -0.479 e. The number of carboxylic acid groups (broad SMARTS) is 1. The van der Waals surface area contributed by atoms with Crippen molar-refractivity contribution in [2.75, 3.05) is 0 Å². The lowest BCUT2D eigenvalue weighted by Crippen LogP contribution is -2.34. The molecule has 1 aromatic heterocycles. The molecule has 1 aromatic rings. The summed E-state index contributed by atoms with van der Waals surface area (Å²) < 4.78 is 1.64. The monoisotopic (exact) mass is 381 g/mol. The van der Waals surface area contributed by atoms with Crippen LogP contribution in [0.4, 0.5) is 0 Å². The lowest BCUT2D eigenvalue weighted by atomic mass is 10.2. The second kappa shape index (κ2) is 5.07. The maximum atomic E-state index is 11.3. The van der Waals surface area contributed by atoms with Gasteiger partial charge in [0.25, 0.3) is 0 Å².